The van der Waals surface area contributed by atoms with Crippen molar-refractivity contribution in [1.29, 1.82) is 0 Å². The normalized spacial score (nSPS) is 10.5. The average Bonchev–Trinajstić information content (AvgIpc) is 2.70. The first-order chi connectivity index (χ1) is 8.06. The lowest BCUT2D eigenvalue weighted by Gasteiger charge is -2.02. The van der Waals surface area contributed by atoms with Crippen LogP contribution in [0, 0.1) is 5.82 Å². The van der Waals surface area contributed by atoms with E-state index >= 15 is 0 Å². The first-order valence-electron chi connectivity index (χ1n) is 4.77. The van der Waals surface area contributed by atoms with Crippen molar-refractivity contribution in [3.05, 3.63) is 54.8 Å². The molecular formula is C12H7Br2FOS. The lowest BCUT2D eigenvalue weighted by molar-refractivity contribution is 0.0996. The van der Waals surface area contributed by atoms with Crippen LogP contribution in [0.3, 0.4) is 0 Å². The van der Waals surface area contributed by atoms with E-state index in [1.54, 1.807) is 12.1 Å². The predicted molar refractivity (Wildman–Crippen MR) is 74.2 cm³/mol. The largest absolute Gasteiger partial charge is 0.293 e. The van der Waals surface area contributed by atoms with Gasteiger partial charge in [-0.25, -0.2) is 4.39 Å². The zero-order valence-electron chi connectivity index (χ0n) is 8.54. The summed E-state index contributed by atoms with van der Waals surface area (Å²) in [5.41, 5.74) is 0.666. The van der Waals surface area contributed by atoms with Gasteiger partial charge in [-0.1, -0.05) is 15.9 Å². The second-order valence-electron chi connectivity index (χ2n) is 3.46. The Kier molecular flexibility index (Phi) is 4.12. The SMILES string of the molecule is O=C(Cc1cc(F)ccc1Br)c1cc(Br)cs1. The monoisotopic (exact) mass is 376 g/mol. The lowest BCUT2D eigenvalue weighted by atomic mass is 10.1. The quantitative estimate of drug-likeness (QED) is 0.699. The van der Waals surface area contributed by atoms with Gasteiger partial charge < -0.3 is 0 Å². The minimum atomic E-state index is -0.330. The summed E-state index contributed by atoms with van der Waals surface area (Å²) in [7, 11) is 0. The van der Waals surface area contributed by atoms with Gasteiger partial charge in [0.2, 0.25) is 0 Å². The predicted octanol–water partition coefficient (Wildman–Crippen LogP) is 4.84. The van der Waals surface area contributed by atoms with E-state index in [2.05, 4.69) is 31.9 Å². The molecule has 88 valence electrons. The summed E-state index contributed by atoms with van der Waals surface area (Å²) in [6.45, 7) is 0. The molecule has 0 aliphatic carbocycles. The Labute approximate surface area is 119 Å². The van der Waals surface area contributed by atoms with E-state index < -0.39 is 0 Å². The molecular weight excluding hydrogens is 371 g/mol. The fourth-order valence-corrected chi connectivity index (χ4v) is 3.15. The van der Waals surface area contributed by atoms with Crippen molar-refractivity contribution >= 4 is 49.0 Å². The maximum Gasteiger partial charge on any atom is 0.177 e. The van der Waals surface area contributed by atoms with Gasteiger partial charge in [0.1, 0.15) is 5.82 Å². The van der Waals surface area contributed by atoms with Gasteiger partial charge in [0.05, 0.1) is 4.88 Å². The molecule has 1 aromatic carbocycles. The molecule has 17 heavy (non-hydrogen) atoms. The van der Waals surface area contributed by atoms with Crippen molar-refractivity contribution in [3.8, 4) is 0 Å². The minimum absolute atomic E-state index is 0.00741. The number of carbonyl (C=O) groups is 1. The van der Waals surface area contributed by atoms with Crippen LogP contribution in [-0.2, 0) is 6.42 Å². The number of hydrogen-bond donors (Lipinski definition) is 0. The Hall–Kier alpha value is -0.520. The van der Waals surface area contributed by atoms with Crippen molar-refractivity contribution in [3.63, 3.8) is 0 Å². The lowest BCUT2D eigenvalue weighted by Crippen LogP contribution is -2.02. The highest BCUT2D eigenvalue weighted by Crippen LogP contribution is 2.24. The molecule has 0 aliphatic heterocycles. The van der Waals surface area contributed by atoms with Crippen molar-refractivity contribution in [2.24, 2.45) is 0 Å². The maximum atomic E-state index is 13.1. The van der Waals surface area contributed by atoms with Gasteiger partial charge in [0.25, 0.3) is 0 Å². The van der Waals surface area contributed by atoms with Crippen molar-refractivity contribution in [2.45, 2.75) is 6.42 Å². The number of ketones is 1. The highest BCUT2D eigenvalue weighted by atomic mass is 79.9. The molecule has 0 saturated carbocycles. The van der Waals surface area contributed by atoms with Crippen LogP contribution in [-0.4, -0.2) is 5.78 Å². The summed E-state index contributed by atoms with van der Waals surface area (Å²) < 4.78 is 14.7. The van der Waals surface area contributed by atoms with E-state index in [-0.39, 0.29) is 18.0 Å². The first-order valence-corrected chi connectivity index (χ1v) is 7.24. The van der Waals surface area contributed by atoms with Crippen LogP contribution in [0.1, 0.15) is 15.2 Å². The Bertz CT molecular complexity index is 565. The Morgan fingerprint density at radius 1 is 1.29 bits per heavy atom. The summed E-state index contributed by atoms with van der Waals surface area (Å²) in [4.78, 5) is 12.6. The Morgan fingerprint density at radius 2 is 2.06 bits per heavy atom. The molecule has 0 saturated heterocycles. The number of rotatable bonds is 3. The zero-order chi connectivity index (χ0) is 12.4. The Morgan fingerprint density at radius 3 is 2.71 bits per heavy atom. The van der Waals surface area contributed by atoms with Gasteiger partial charge in [-0.05, 0) is 45.8 Å². The van der Waals surface area contributed by atoms with Crippen LogP contribution in [0.15, 0.2) is 38.6 Å². The van der Waals surface area contributed by atoms with Gasteiger partial charge in [0.15, 0.2) is 5.78 Å². The third-order valence-corrected chi connectivity index (χ3v) is 4.71. The summed E-state index contributed by atoms with van der Waals surface area (Å²) in [5.74, 6) is -0.338. The topological polar surface area (TPSA) is 17.1 Å². The van der Waals surface area contributed by atoms with Crippen LogP contribution < -0.4 is 0 Å². The Balaban J connectivity index is 2.21. The molecule has 1 aromatic heterocycles. The van der Waals surface area contributed by atoms with Crippen molar-refractivity contribution in [1.82, 2.24) is 0 Å². The molecule has 0 fully saturated rings. The second kappa shape index (κ2) is 5.42. The minimum Gasteiger partial charge on any atom is -0.293 e. The molecule has 0 N–H and O–H groups in total. The smallest absolute Gasteiger partial charge is 0.177 e. The number of benzene rings is 1. The summed E-state index contributed by atoms with van der Waals surface area (Å²) in [6.07, 6.45) is 0.200. The third-order valence-electron chi connectivity index (χ3n) is 2.20. The molecule has 2 rings (SSSR count). The van der Waals surface area contributed by atoms with E-state index in [9.17, 15) is 9.18 Å². The van der Waals surface area contributed by atoms with E-state index in [1.165, 1.54) is 23.5 Å². The number of thiophene rings is 1. The van der Waals surface area contributed by atoms with E-state index in [1.807, 2.05) is 5.38 Å². The highest BCUT2D eigenvalue weighted by Gasteiger charge is 2.12. The molecule has 0 radical (unpaired) electrons. The molecule has 0 spiro atoms. The van der Waals surface area contributed by atoms with E-state index in [0.717, 1.165) is 8.95 Å². The molecule has 0 unspecified atom stereocenters. The van der Waals surface area contributed by atoms with Gasteiger partial charge in [-0.3, -0.25) is 4.79 Å². The summed E-state index contributed by atoms with van der Waals surface area (Å²) in [5, 5.41) is 1.86. The standard InChI is InChI=1S/C12H7Br2FOS/c13-8-5-12(17-6-8)11(16)4-7-3-9(15)1-2-10(7)14/h1-3,5-6H,4H2. The van der Waals surface area contributed by atoms with Crippen molar-refractivity contribution in [2.75, 3.05) is 0 Å². The van der Waals surface area contributed by atoms with Gasteiger partial charge >= 0.3 is 0 Å². The van der Waals surface area contributed by atoms with Gasteiger partial charge in [0, 0.05) is 20.7 Å². The highest BCUT2D eigenvalue weighted by molar-refractivity contribution is 9.10. The van der Waals surface area contributed by atoms with Crippen LogP contribution in [0.25, 0.3) is 0 Å². The van der Waals surface area contributed by atoms with Crippen LogP contribution in [0.2, 0.25) is 0 Å². The molecule has 0 aliphatic rings. The van der Waals surface area contributed by atoms with Gasteiger partial charge in [-0.2, -0.15) is 0 Å². The summed E-state index contributed by atoms with van der Waals surface area (Å²) in [6, 6.07) is 6.13. The maximum absolute atomic E-state index is 13.1. The number of hydrogen-bond acceptors (Lipinski definition) is 2. The molecule has 0 amide bonds. The fraction of sp³-hybridized carbons (Fsp3) is 0.0833. The number of Topliss-reactive ketones (excluding diaryl/α,β-unsaturated/α-hetero) is 1. The number of halogens is 3. The molecule has 5 heteroatoms. The molecule has 1 heterocycles. The summed E-state index contributed by atoms with van der Waals surface area (Å²) >= 11 is 7.99. The molecule has 2 aromatic rings. The number of carbonyl (C=O) groups excluding carboxylic acids is 1. The van der Waals surface area contributed by atoms with E-state index in [4.69, 9.17) is 0 Å². The van der Waals surface area contributed by atoms with E-state index in [0.29, 0.717) is 10.4 Å². The van der Waals surface area contributed by atoms with Crippen LogP contribution in [0.5, 0.6) is 0 Å². The molecule has 0 bridgehead atoms. The van der Waals surface area contributed by atoms with Crippen LogP contribution in [0.4, 0.5) is 4.39 Å². The second-order valence-corrected chi connectivity index (χ2v) is 6.15. The van der Waals surface area contributed by atoms with Crippen molar-refractivity contribution < 1.29 is 9.18 Å². The van der Waals surface area contributed by atoms with Crippen LogP contribution >= 0.6 is 43.2 Å². The third kappa shape index (κ3) is 3.24. The average molecular weight is 378 g/mol. The molecule has 1 nitrogen and oxygen atoms in total. The zero-order valence-corrected chi connectivity index (χ0v) is 12.5. The fourth-order valence-electron chi connectivity index (χ4n) is 1.40. The molecule has 0 atom stereocenters. The first kappa shape index (κ1) is 12.9. The van der Waals surface area contributed by atoms with Gasteiger partial charge in [-0.15, -0.1) is 11.3 Å².